The molecular formula is C14H24N2O5Sn. The van der Waals surface area contributed by atoms with E-state index in [4.69, 9.17) is 9.84 Å². The van der Waals surface area contributed by atoms with Crippen LogP contribution in [0.2, 0.25) is 8.87 Å². The van der Waals surface area contributed by atoms with Gasteiger partial charge < -0.3 is 14.9 Å². The van der Waals surface area contributed by atoms with Crippen LogP contribution in [0.15, 0.2) is 15.8 Å². The second-order valence-corrected chi connectivity index (χ2v) is 10.5. The van der Waals surface area contributed by atoms with E-state index in [1.165, 1.54) is 19.6 Å². The van der Waals surface area contributed by atoms with E-state index in [0.29, 0.717) is 5.56 Å². The van der Waals surface area contributed by atoms with Crippen molar-refractivity contribution in [1.82, 2.24) is 9.55 Å². The monoisotopic (exact) mass is 420 g/mol. The molecule has 0 amide bonds. The van der Waals surface area contributed by atoms with Crippen molar-refractivity contribution >= 4 is 21.1 Å². The summed E-state index contributed by atoms with van der Waals surface area (Å²) in [5, 5.41) is 18.5. The molecule has 1 aliphatic rings. The molecule has 0 saturated carbocycles. The SMILES string of the molecule is C[CH2][Sn][CH2]C.Cc1cn(C2CC(O)C(CO)O2)c(=O)[nH]c1=O. The molecular weight excluding hydrogens is 395 g/mol. The third-order valence-electron chi connectivity index (χ3n) is 3.34. The molecule has 0 spiro atoms. The first-order chi connectivity index (χ1) is 10.4. The molecule has 2 heterocycles. The van der Waals surface area contributed by atoms with E-state index in [-0.39, 0.29) is 34.2 Å². The Bertz CT molecular complexity index is 569. The summed E-state index contributed by atoms with van der Waals surface area (Å²) in [6.07, 6.45) is -0.581. The largest absolute Gasteiger partial charge is 0.394 e. The van der Waals surface area contributed by atoms with Gasteiger partial charge in [-0.3, -0.25) is 14.3 Å². The zero-order chi connectivity index (χ0) is 16.7. The third-order valence-corrected chi connectivity index (χ3v) is 6.19. The molecule has 124 valence electrons. The second-order valence-electron chi connectivity index (χ2n) is 5.05. The van der Waals surface area contributed by atoms with Crippen LogP contribution in [0.5, 0.6) is 0 Å². The average Bonchev–Trinajstić information content (AvgIpc) is 2.85. The molecule has 1 saturated heterocycles. The van der Waals surface area contributed by atoms with E-state index >= 15 is 0 Å². The summed E-state index contributed by atoms with van der Waals surface area (Å²) in [5.41, 5.74) is -0.643. The predicted molar refractivity (Wildman–Crippen MR) is 84.4 cm³/mol. The first kappa shape index (κ1) is 19.4. The molecule has 3 N–H and O–H groups in total. The van der Waals surface area contributed by atoms with Gasteiger partial charge in [0.1, 0.15) is 12.3 Å². The average molecular weight is 419 g/mol. The predicted octanol–water partition coefficient (Wildman–Crippen LogP) is 0.0527. The van der Waals surface area contributed by atoms with Crippen molar-refractivity contribution in [3.05, 3.63) is 32.6 Å². The number of aromatic amines is 1. The zero-order valence-corrected chi connectivity index (χ0v) is 16.1. The maximum absolute atomic E-state index is 11.6. The Hall–Kier alpha value is -0.641. The zero-order valence-electron chi connectivity index (χ0n) is 13.2. The number of nitrogens with one attached hydrogen (secondary N) is 1. The van der Waals surface area contributed by atoms with Crippen molar-refractivity contribution in [3.8, 4) is 0 Å². The molecule has 1 fully saturated rings. The summed E-state index contributed by atoms with van der Waals surface area (Å²) >= 11 is 0.218. The van der Waals surface area contributed by atoms with Gasteiger partial charge in [0, 0.05) is 18.2 Å². The number of ether oxygens (including phenoxy) is 1. The number of hydrogen-bond donors (Lipinski definition) is 3. The molecule has 2 radical (unpaired) electrons. The van der Waals surface area contributed by atoms with Gasteiger partial charge in [-0.1, -0.05) is 0 Å². The van der Waals surface area contributed by atoms with Gasteiger partial charge in [0.25, 0.3) is 5.56 Å². The van der Waals surface area contributed by atoms with Gasteiger partial charge in [0.15, 0.2) is 0 Å². The van der Waals surface area contributed by atoms with E-state index in [2.05, 4.69) is 18.8 Å². The Morgan fingerprint density at radius 1 is 1.41 bits per heavy atom. The molecule has 7 nitrogen and oxygen atoms in total. The van der Waals surface area contributed by atoms with Crippen LogP contribution >= 0.6 is 0 Å². The molecule has 0 aliphatic carbocycles. The molecule has 8 heteroatoms. The number of aryl methyl sites for hydroxylation is 1. The molecule has 3 atom stereocenters. The molecule has 2 rings (SSSR count). The fourth-order valence-corrected chi connectivity index (χ4v) is 3.53. The summed E-state index contributed by atoms with van der Waals surface area (Å²) in [5.74, 6) is 0. The Kier molecular flexibility index (Phi) is 8.37. The third kappa shape index (κ3) is 5.22. The number of aromatic nitrogens is 2. The molecule has 0 aromatic carbocycles. The maximum Gasteiger partial charge on any atom is 0.330 e. The topological polar surface area (TPSA) is 105 Å². The number of H-pyrrole nitrogens is 1. The van der Waals surface area contributed by atoms with Crippen LogP contribution in [0.1, 0.15) is 32.1 Å². The van der Waals surface area contributed by atoms with Gasteiger partial charge in [-0.15, -0.1) is 0 Å². The van der Waals surface area contributed by atoms with Crippen molar-refractivity contribution < 1.29 is 14.9 Å². The molecule has 1 aromatic rings. The fourth-order valence-electron chi connectivity index (χ4n) is 2.10. The first-order valence-corrected chi connectivity index (χ1v) is 11.4. The van der Waals surface area contributed by atoms with Crippen LogP contribution in [0, 0.1) is 6.92 Å². The van der Waals surface area contributed by atoms with E-state index in [9.17, 15) is 14.7 Å². The minimum absolute atomic E-state index is 0.205. The second kappa shape index (κ2) is 9.49. The van der Waals surface area contributed by atoms with Gasteiger partial charge >= 0.3 is 49.6 Å². The Morgan fingerprint density at radius 2 is 2.05 bits per heavy atom. The summed E-state index contributed by atoms with van der Waals surface area (Å²) in [6, 6.07) is 0. The number of aliphatic hydroxyl groups is 2. The number of rotatable bonds is 4. The molecule has 1 aliphatic heterocycles. The molecule has 1 aromatic heterocycles. The number of aliphatic hydroxyl groups excluding tert-OH is 2. The van der Waals surface area contributed by atoms with Crippen molar-refractivity contribution in [1.29, 1.82) is 0 Å². The van der Waals surface area contributed by atoms with E-state index < -0.39 is 29.7 Å². The molecule has 0 bridgehead atoms. The Balaban J connectivity index is 0.000000422. The standard InChI is InChI=1S/C10H14N2O5.2C2H5.Sn/c1-5-3-12(10(16)11-9(5)15)8-2-6(14)7(4-13)17-8;2*1-2;/h3,6-8,13-14H,2,4H2,1H3,(H,11,15,16);2*1H2,2H3;. The summed E-state index contributed by atoms with van der Waals surface area (Å²) < 4.78 is 9.57. The minimum Gasteiger partial charge on any atom is -0.394 e. The van der Waals surface area contributed by atoms with Crippen molar-refractivity contribution in [3.63, 3.8) is 0 Å². The Morgan fingerprint density at radius 3 is 2.50 bits per heavy atom. The van der Waals surface area contributed by atoms with Crippen LogP contribution < -0.4 is 11.2 Å². The van der Waals surface area contributed by atoms with E-state index in [1.807, 2.05) is 0 Å². The van der Waals surface area contributed by atoms with Crippen LogP contribution in [0.3, 0.4) is 0 Å². The van der Waals surface area contributed by atoms with E-state index in [0.717, 1.165) is 0 Å². The van der Waals surface area contributed by atoms with Gasteiger partial charge in [0.2, 0.25) is 0 Å². The van der Waals surface area contributed by atoms with Gasteiger partial charge in [-0.05, 0) is 6.92 Å². The summed E-state index contributed by atoms with van der Waals surface area (Å²) in [7, 11) is 0. The fraction of sp³-hybridized carbons (Fsp3) is 0.714. The normalized spacial score (nSPS) is 24.0. The summed E-state index contributed by atoms with van der Waals surface area (Å²) in [4.78, 5) is 24.9. The number of nitrogens with zero attached hydrogens (tertiary/aromatic N) is 1. The molecule has 22 heavy (non-hydrogen) atoms. The number of hydrogen-bond acceptors (Lipinski definition) is 5. The minimum atomic E-state index is -0.816. The van der Waals surface area contributed by atoms with Crippen LogP contribution in [0.4, 0.5) is 0 Å². The first-order valence-electron chi connectivity index (χ1n) is 7.41. The van der Waals surface area contributed by atoms with E-state index in [1.54, 1.807) is 6.92 Å². The Labute approximate surface area is 139 Å². The smallest absolute Gasteiger partial charge is 0.330 e. The van der Waals surface area contributed by atoms with Crippen molar-refractivity contribution in [2.24, 2.45) is 0 Å². The van der Waals surface area contributed by atoms with Crippen molar-refractivity contribution in [2.75, 3.05) is 6.61 Å². The van der Waals surface area contributed by atoms with Crippen LogP contribution in [-0.2, 0) is 4.74 Å². The van der Waals surface area contributed by atoms with Crippen LogP contribution in [-0.4, -0.2) is 59.7 Å². The van der Waals surface area contributed by atoms with Gasteiger partial charge in [-0.25, -0.2) is 4.79 Å². The van der Waals surface area contributed by atoms with Crippen molar-refractivity contribution in [2.45, 2.75) is 54.5 Å². The van der Waals surface area contributed by atoms with Crippen LogP contribution in [0.25, 0.3) is 0 Å². The van der Waals surface area contributed by atoms with Gasteiger partial charge in [0.05, 0.1) is 12.7 Å². The molecule has 3 unspecified atom stereocenters. The van der Waals surface area contributed by atoms with Gasteiger partial charge in [-0.2, -0.15) is 0 Å². The summed E-state index contributed by atoms with van der Waals surface area (Å²) in [6.45, 7) is 5.84. The quantitative estimate of drug-likeness (QED) is 0.599. The maximum atomic E-state index is 11.6.